The first-order valence-electron chi connectivity index (χ1n) is 10.1. The number of likely N-dealkylation sites (N-methyl/N-ethyl adjacent to an activating group) is 1. The molecular formula is C23H28ClN3O2. The van der Waals surface area contributed by atoms with Gasteiger partial charge in [-0.2, -0.15) is 0 Å². The molecule has 4 rings (SSSR count). The van der Waals surface area contributed by atoms with Crippen LogP contribution >= 0.6 is 12.4 Å². The third-order valence-corrected chi connectivity index (χ3v) is 5.99. The van der Waals surface area contributed by atoms with Gasteiger partial charge in [0, 0.05) is 36.9 Å². The molecule has 2 aliphatic rings. The molecule has 1 N–H and O–H groups in total. The van der Waals surface area contributed by atoms with E-state index in [4.69, 9.17) is 0 Å². The Hall–Kier alpha value is -2.37. The number of nitrogens with zero attached hydrogens (tertiary/aromatic N) is 2. The molecule has 0 unspecified atom stereocenters. The van der Waals surface area contributed by atoms with E-state index in [2.05, 4.69) is 41.5 Å². The van der Waals surface area contributed by atoms with Crippen LogP contribution in [0.5, 0.6) is 0 Å². The molecule has 2 amide bonds. The monoisotopic (exact) mass is 413 g/mol. The normalized spacial score (nSPS) is 16.3. The summed E-state index contributed by atoms with van der Waals surface area (Å²) in [6.45, 7) is 2.57. The molecule has 6 heteroatoms. The van der Waals surface area contributed by atoms with E-state index in [1.807, 2.05) is 29.2 Å². The molecular weight excluding hydrogens is 386 g/mol. The molecule has 0 saturated carbocycles. The molecule has 0 spiro atoms. The van der Waals surface area contributed by atoms with Gasteiger partial charge in [-0.15, -0.1) is 12.4 Å². The Morgan fingerprint density at radius 1 is 1.10 bits per heavy atom. The van der Waals surface area contributed by atoms with Crippen LogP contribution in [0.2, 0.25) is 0 Å². The number of fused-ring (bicyclic) bond motifs is 1. The zero-order valence-corrected chi connectivity index (χ0v) is 17.6. The number of anilines is 1. The lowest BCUT2D eigenvalue weighted by atomic mass is 9.99. The molecule has 5 nitrogen and oxygen atoms in total. The molecule has 0 bridgehead atoms. The highest BCUT2D eigenvalue weighted by molar-refractivity contribution is 6.05. The first-order valence-corrected chi connectivity index (χ1v) is 10.1. The second-order valence-corrected chi connectivity index (χ2v) is 7.80. The van der Waals surface area contributed by atoms with Crippen molar-refractivity contribution in [3.63, 3.8) is 0 Å². The van der Waals surface area contributed by atoms with Crippen LogP contribution in [0, 0.1) is 0 Å². The average Bonchev–Trinajstić information content (AvgIpc) is 3.12. The lowest BCUT2D eigenvalue weighted by Crippen LogP contribution is -2.46. The number of rotatable bonds is 5. The van der Waals surface area contributed by atoms with Crippen LogP contribution in [0.25, 0.3) is 0 Å². The minimum Gasteiger partial charge on any atom is -0.339 e. The first kappa shape index (κ1) is 21.3. The highest BCUT2D eigenvalue weighted by Gasteiger charge is 2.29. The quantitative estimate of drug-likeness (QED) is 0.817. The van der Waals surface area contributed by atoms with E-state index in [1.54, 1.807) is 0 Å². The van der Waals surface area contributed by atoms with E-state index in [9.17, 15) is 9.59 Å². The fraction of sp³-hybridized carbons (Fsp3) is 0.391. The van der Waals surface area contributed by atoms with Gasteiger partial charge in [0.1, 0.15) is 0 Å². The minimum atomic E-state index is -0.0333. The van der Waals surface area contributed by atoms with E-state index in [1.165, 1.54) is 5.56 Å². The number of nitrogens with one attached hydrogen (secondary N) is 1. The standard InChI is InChI=1S/C23H27N3O2.ClH/c1-25(13-10-17-6-3-2-4-7-17)18-11-14-26(15-12-18)23(28)19-8-5-9-21-20(19)16-22(27)24-21;/h2-9,18H,10-16H2,1H3,(H,24,27);1H. The van der Waals surface area contributed by atoms with Gasteiger partial charge in [-0.3, -0.25) is 9.59 Å². The fourth-order valence-corrected chi connectivity index (χ4v) is 4.26. The maximum absolute atomic E-state index is 13.0. The molecule has 2 aromatic rings. The number of carbonyl (C=O) groups is 2. The van der Waals surface area contributed by atoms with E-state index < -0.39 is 0 Å². The van der Waals surface area contributed by atoms with Gasteiger partial charge in [0.15, 0.2) is 0 Å². The Kier molecular flexibility index (Phi) is 6.93. The van der Waals surface area contributed by atoms with Gasteiger partial charge in [0.05, 0.1) is 6.42 Å². The summed E-state index contributed by atoms with van der Waals surface area (Å²) in [7, 11) is 2.19. The third-order valence-electron chi connectivity index (χ3n) is 5.99. The van der Waals surface area contributed by atoms with Crippen molar-refractivity contribution in [3.8, 4) is 0 Å². The van der Waals surface area contributed by atoms with E-state index in [-0.39, 0.29) is 24.2 Å². The van der Waals surface area contributed by atoms with Gasteiger partial charge in [0.25, 0.3) is 5.91 Å². The van der Waals surface area contributed by atoms with Crippen molar-refractivity contribution in [2.75, 3.05) is 32.0 Å². The Labute approximate surface area is 178 Å². The fourth-order valence-electron chi connectivity index (χ4n) is 4.26. The zero-order chi connectivity index (χ0) is 19.5. The van der Waals surface area contributed by atoms with Crippen LogP contribution in [0.15, 0.2) is 48.5 Å². The predicted octanol–water partition coefficient (Wildman–Crippen LogP) is 3.38. The molecule has 2 aliphatic heterocycles. The van der Waals surface area contributed by atoms with Crippen LogP contribution in [0.1, 0.15) is 34.3 Å². The Morgan fingerprint density at radius 2 is 1.83 bits per heavy atom. The Balaban J connectivity index is 0.00000240. The minimum absolute atomic E-state index is 0. The van der Waals surface area contributed by atoms with Crippen molar-refractivity contribution < 1.29 is 9.59 Å². The summed E-state index contributed by atoms with van der Waals surface area (Å²) in [5.74, 6) is 0.0211. The summed E-state index contributed by atoms with van der Waals surface area (Å²) in [6, 6.07) is 16.6. The van der Waals surface area contributed by atoms with Gasteiger partial charge in [-0.25, -0.2) is 0 Å². The predicted molar refractivity (Wildman–Crippen MR) is 118 cm³/mol. The summed E-state index contributed by atoms with van der Waals surface area (Å²) >= 11 is 0. The number of halogens is 1. The summed E-state index contributed by atoms with van der Waals surface area (Å²) in [5, 5.41) is 2.83. The number of carbonyl (C=O) groups excluding carboxylic acids is 2. The van der Waals surface area contributed by atoms with Gasteiger partial charge >= 0.3 is 0 Å². The molecule has 2 heterocycles. The SMILES string of the molecule is CN(CCc1ccccc1)C1CCN(C(=O)c2cccc3c2CC(=O)N3)CC1.Cl. The number of hydrogen-bond acceptors (Lipinski definition) is 3. The number of likely N-dealkylation sites (tertiary alicyclic amines) is 1. The molecule has 1 saturated heterocycles. The van der Waals surface area contributed by atoms with Gasteiger partial charge in [-0.05, 0) is 49.6 Å². The van der Waals surface area contributed by atoms with Crippen LogP contribution < -0.4 is 5.32 Å². The second-order valence-electron chi connectivity index (χ2n) is 7.80. The topological polar surface area (TPSA) is 52.7 Å². The second kappa shape index (κ2) is 9.42. The van der Waals surface area contributed by atoms with E-state index >= 15 is 0 Å². The first-order chi connectivity index (χ1) is 13.6. The molecule has 0 aromatic heterocycles. The lowest BCUT2D eigenvalue weighted by Gasteiger charge is -2.37. The van der Waals surface area contributed by atoms with Crippen molar-refractivity contribution in [3.05, 3.63) is 65.2 Å². The van der Waals surface area contributed by atoms with E-state index in [0.717, 1.165) is 50.1 Å². The van der Waals surface area contributed by atoms with E-state index in [0.29, 0.717) is 18.0 Å². The molecule has 1 fully saturated rings. The lowest BCUT2D eigenvalue weighted by molar-refractivity contribution is -0.115. The maximum Gasteiger partial charge on any atom is 0.254 e. The third kappa shape index (κ3) is 4.80. The number of benzene rings is 2. The number of piperidine rings is 1. The van der Waals surface area contributed by atoms with Gasteiger partial charge in [-0.1, -0.05) is 36.4 Å². The molecule has 0 atom stereocenters. The molecule has 0 radical (unpaired) electrons. The van der Waals surface area contributed by atoms with Crippen molar-refractivity contribution in [2.45, 2.75) is 31.7 Å². The van der Waals surface area contributed by atoms with Gasteiger partial charge in [0.2, 0.25) is 5.91 Å². The van der Waals surface area contributed by atoms with Crippen LogP contribution in [0.4, 0.5) is 5.69 Å². The number of amides is 2. The highest BCUT2D eigenvalue weighted by Crippen LogP contribution is 2.28. The molecule has 154 valence electrons. The smallest absolute Gasteiger partial charge is 0.254 e. The van der Waals surface area contributed by atoms with Crippen LogP contribution in [0.3, 0.4) is 0 Å². The maximum atomic E-state index is 13.0. The Bertz CT molecular complexity index is 864. The Morgan fingerprint density at radius 3 is 2.55 bits per heavy atom. The van der Waals surface area contributed by atoms with Gasteiger partial charge < -0.3 is 15.1 Å². The molecule has 2 aromatic carbocycles. The highest BCUT2D eigenvalue weighted by atomic mass is 35.5. The zero-order valence-electron chi connectivity index (χ0n) is 16.8. The summed E-state index contributed by atoms with van der Waals surface area (Å²) in [6.07, 6.45) is 3.33. The molecule has 29 heavy (non-hydrogen) atoms. The van der Waals surface area contributed by atoms with Crippen molar-refractivity contribution in [1.29, 1.82) is 0 Å². The van der Waals surface area contributed by atoms with Crippen LogP contribution in [-0.2, 0) is 17.6 Å². The van der Waals surface area contributed by atoms with Crippen molar-refractivity contribution in [2.24, 2.45) is 0 Å². The summed E-state index contributed by atoms with van der Waals surface area (Å²) in [5.41, 5.74) is 3.67. The van der Waals surface area contributed by atoms with Crippen LogP contribution in [-0.4, -0.2) is 54.3 Å². The largest absolute Gasteiger partial charge is 0.339 e. The summed E-state index contributed by atoms with van der Waals surface area (Å²) < 4.78 is 0. The number of hydrogen-bond donors (Lipinski definition) is 1. The average molecular weight is 414 g/mol. The van der Waals surface area contributed by atoms with Crippen molar-refractivity contribution in [1.82, 2.24) is 9.80 Å². The summed E-state index contributed by atoms with van der Waals surface area (Å²) in [4.78, 5) is 29.1. The van der Waals surface area contributed by atoms with Crippen molar-refractivity contribution >= 4 is 29.9 Å². The molecule has 0 aliphatic carbocycles.